The number of nitrogens with two attached hydrogens (primary N) is 1. The quantitative estimate of drug-likeness (QED) is 0.825. The fourth-order valence-corrected chi connectivity index (χ4v) is 5.39. The lowest BCUT2D eigenvalue weighted by atomic mass is 9.80. The number of likely N-dealkylation sites (tertiary alicyclic amines) is 1. The van der Waals surface area contributed by atoms with Crippen LogP contribution in [0.4, 0.5) is 0 Å². The lowest BCUT2D eigenvalue weighted by molar-refractivity contribution is -0.135. The van der Waals surface area contributed by atoms with Crippen molar-refractivity contribution >= 4 is 29.7 Å². The third kappa shape index (κ3) is 4.13. The van der Waals surface area contributed by atoms with Gasteiger partial charge in [-0.25, -0.2) is 0 Å². The number of carbonyl (C=O) groups excluding carboxylic acids is 1. The summed E-state index contributed by atoms with van der Waals surface area (Å²) in [5.74, 6) is 0.229. The molecule has 2 aliphatic rings. The summed E-state index contributed by atoms with van der Waals surface area (Å²) in [5.41, 5.74) is 8.82. The van der Waals surface area contributed by atoms with Gasteiger partial charge >= 0.3 is 0 Å². The molecule has 4 rings (SSSR count). The van der Waals surface area contributed by atoms with Crippen molar-refractivity contribution in [3.8, 4) is 0 Å². The zero-order valence-corrected chi connectivity index (χ0v) is 18.3. The van der Waals surface area contributed by atoms with Gasteiger partial charge in [0.2, 0.25) is 5.91 Å². The van der Waals surface area contributed by atoms with Crippen LogP contribution >= 0.6 is 23.7 Å². The van der Waals surface area contributed by atoms with Crippen molar-refractivity contribution in [1.29, 1.82) is 0 Å². The summed E-state index contributed by atoms with van der Waals surface area (Å²) in [4.78, 5) is 19.1. The van der Waals surface area contributed by atoms with Crippen molar-refractivity contribution in [3.63, 3.8) is 0 Å². The van der Waals surface area contributed by atoms with Gasteiger partial charge in [0, 0.05) is 30.6 Å². The van der Waals surface area contributed by atoms with Crippen LogP contribution in [0.1, 0.15) is 42.3 Å². The second-order valence-corrected chi connectivity index (χ2v) is 9.54. The maximum atomic E-state index is 13.3. The van der Waals surface area contributed by atoms with E-state index in [1.165, 1.54) is 16.0 Å². The van der Waals surface area contributed by atoms with E-state index < -0.39 is 0 Å². The van der Waals surface area contributed by atoms with Gasteiger partial charge in [-0.3, -0.25) is 9.69 Å². The molecular formula is C22H30ClN3OS. The van der Waals surface area contributed by atoms with E-state index in [0.29, 0.717) is 6.54 Å². The smallest absolute Gasteiger partial charge is 0.237 e. The molecular weight excluding hydrogens is 390 g/mol. The van der Waals surface area contributed by atoms with Crippen LogP contribution in [0.25, 0.3) is 0 Å². The second kappa shape index (κ2) is 8.54. The number of hydrogen-bond acceptors (Lipinski definition) is 4. The average molecular weight is 420 g/mol. The molecule has 2 N–H and O–H groups in total. The van der Waals surface area contributed by atoms with Gasteiger partial charge < -0.3 is 10.6 Å². The molecule has 2 atom stereocenters. The molecule has 0 saturated carbocycles. The summed E-state index contributed by atoms with van der Waals surface area (Å²) in [5, 5.41) is 2.16. The van der Waals surface area contributed by atoms with Crippen LogP contribution in [0, 0.1) is 5.41 Å². The fourth-order valence-electron chi connectivity index (χ4n) is 4.48. The van der Waals surface area contributed by atoms with Gasteiger partial charge in [-0.1, -0.05) is 44.2 Å². The number of hydrogen-bond donors (Lipinski definition) is 1. The van der Waals surface area contributed by atoms with E-state index in [4.69, 9.17) is 5.73 Å². The van der Waals surface area contributed by atoms with E-state index in [1.807, 2.05) is 17.4 Å². The lowest BCUT2D eigenvalue weighted by Crippen LogP contribution is -2.55. The van der Waals surface area contributed by atoms with Gasteiger partial charge in [-0.15, -0.1) is 23.7 Å². The summed E-state index contributed by atoms with van der Waals surface area (Å²) in [6, 6.07) is 12.9. The molecule has 6 heteroatoms. The summed E-state index contributed by atoms with van der Waals surface area (Å²) < 4.78 is 0. The first-order valence-corrected chi connectivity index (χ1v) is 10.7. The Morgan fingerprint density at radius 3 is 2.68 bits per heavy atom. The lowest BCUT2D eigenvalue weighted by Gasteiger charge is -2.43. The zero-order valence-electron chi connectivity index (χ0n) is 16.6. The van der Waals surface area contributed by atoms with Crippen LogP contribution in [0.2, 0.25) is 0 Å². The SMILES string of the molecule is CC1(C)CN(CC(=O)N2CCc3sccc3C2c2ccccc2)CCC1N.Cl. The maximum Gasteiger partial charge on any atom is 0.237 e. The molecule has 3 heterocycles. The largest absolute Gasteiger partial charge is 0.330 e. The summed E-state index contributed by atoms with van der Waals surface area (Å²) >= 11 is 1.81. The summed E-state index contributed by atoms with van der Waals surface area (Å²) in [7, 11) is 0. The molecule has 1 amide bonds. The number of carbonyl (C=O) groups is 1. The number of nitrogens with zero attached hydrogens (tertiary/aromatic N) is 2. The van der Waals surface area contributed by atoms with Crippen molar-refractivity contribution in [1.82, 2.24) is 9.80 Å². The van der Waals surface area contributed by atoms with E-state index in [2.05, 4.69) is 59.4 Å². The average Bonchev–Trinajstić information content (AvgIpc) is 3.13. The normalized spacial score (nSPS) is 24.3. The Morgan fingerprint density at radius 1 is 1.21 bits per heavy atom. The number of piperidine rings is 1. The van der Waals surface area contributed by atoms with E-state index in [9.17, 15) is 4.79 Å². The van der Waals surface area contributed by atoms with Crippen molar-refractivity contribution < 1.29 is 4.79 Å². The predicted molar refractivity (Wildman–Crippen MR) is 118 cm³/mol. The summed E-state index contributed by atoms with van der Waals surface area (Å²) in [6.07, 6.45) is 1.91. The van der Waals surface area contributed by atoms with Crippen molar-refractivity contribution in [2.24, 2.45) is 11.1 Å². The molecule has 4 nitrogen and oxygen atoms in total. The molecule has 0 bridgehead atoms. The third-order valence-corrected chi connectivity index (χ3v) is 7.15. The van der Waals surface area contributed by atoms with Gasteiger partial charge in [-0.05, 0) is 40.8 Å². The molecule has 1 saturated heterocycles. The van der Waals surface area contributed by atoms with Crippen molar-refractivity contribution in [2.45, 2.75) is 38.8 Å². The molecule has 2 unspecified atom stereocenters. The van der Waals surface area contributed by atoms with Crippen LogP contribution in [0.3, 0.4) is 0 Å². The van der Waals surface area contributed by atoms with E-state index in [-0.39, 0.29) is 35.8 Å². The molecule has 0 aliphatic carbocycles. The van der Waals surface area contributed by atoms with E-state index in [1.54, 1.807) is 0 Å². The van der Waals surface area contributed by atoms with Crippen molar-refractivity contribution in [2.75, 3.05) is 26.2 Å². The number of benzene rings is 1. The molecule has 1 aromatic heterocycles. The number of rotatable bonds is 3. The van der Waals surface area contributed by atoms with Crippen LogP contribution in [0.15, 0.2) is 41.8 Å². The monoisotopic (exact) mass is 419 g/mol. The van der Waals surface area contributed by atoms with Crippen LogP contribution in [0.5, 0.6) is 0 Å². The first kappa shape index (κ1) is 21.3. The van der Waals surface area contributed by atoms with Crippen LogP contribution < -0.4 is 5.73 Å². The molecule has 2 aliphatic heterocycles. The fraction of sp³-hybridized carbons (Fsp3) is 0.500. The van der Waals surface area contributed by atoms with Crippen molar-refractivity contribution in [3.05, 3.63) is 57.8 Å². The second-order valence-electron chi connectivity index (χ2n) is 8.54. The Labute approximate surface area is 178 Å². The molecule has 152 valence electrons. The number of amides is 1. The Balaban J connectivity index is 0.00000225. The molecule has 0 spiro atoms. The minimum Gasteiger partial charge on any atom is -0.330 e. The highest BCUT2D eigenvalue weighted by Gasteiger charge is 2.37. The highest BCUT2D eigenvalue weighted by atomic mass is 35.5. The molecule has 28 heavy (non-hydrogen) atoms. The molecule has 1 fully saturated rings. The zero-order chi connectivity index (χ0) is 19.0. The van der Waals surface area contributed by atoms with Crippen LogP contribution in [-0.2, 0) is 11.2 Å². The van der Waals surface area contributed by atoms with Gasteiger partial charge in [0.25, 0.3) is 0 Å². The Kier molecular flexibility index (Phi) is 6.50. The predicted octanol–water partition coefficient (Wildman–Crippen LogP) is 3.70. The molecule has 1 aromatic carbocycles. The Morgan fingerprint density at radius 2 is 1.96 bits per heavy atom. The highest BCUT2D eigenvalue weighted by molar-refractivity contribution is 7.10. The van der Waals surface area contributed by atoms with Gasteiger partial charge in [0.15, 0.2) is 0 Å². The third-order valence-electron chi connectivity index (χ3n) is 6.15. The number of thiophene rings is 1. The minimum atomic E-state index is 0. The van der Waals surface area contributed by atoms with Gasteiger partial charge in [0.05, 0.1) is 12.6 Å². The first-order valence-electron chi connectivity index (χ1n) is 9.84. The van der Waals surface area contributed by atoms with Gasteiger partial charge in [0.1, 0.15) is 0 Å². The maximum absolute atomic E-state index is 13.3. The molecule has 2 aromatic rings. The van der Waals surface area contributed by atoms with Crippen LogP contribution in [-0.4, -0.2) is 47.9 Å². The highest BCUT2D eigenvalue weighted by Crippen LogP contribution is 2.38. The minimum absolute atomic E-state index is 0. The molecule has 0 radical (unpaired) electrons. The standard InChI is InChI=1S/C22H29N3OS.ClH/c1-22(2)15-24(11-9-19(22)23)14-20(26)25-12-8-18-17(10-13-27-18)21(25)16-6-4-3-5-7-16;/h3-7,10,13,19,21H,8-9,11-12,14-15,23H2,1-2H3;1H. The van der Waals surface area contributed by atoms with E-state index >= 15 is 0 Å². The number of fused-ring (bicyclic) bond motifs is 1. The number of halogens is 1. The van der Waals surface area contributed by atoms with Gasteiger partial charge in [-0.2, -0.15) is 0 Å². The summed E-state index contributed by atoms with van der Waals surface area (Å²) in [6.45, 7) is 7.48. The van der Waals surface area contributed by atoms with E-state index in [0.717, 1.165) is 32.5 Å². The Bertz CT molecular complexity index is 807. The topological polar surface area (TPSA) is 49.6 Å². The Hall–Kier alpha value is -1.40. The first-order chi connectivity index (χ1) is 13.0.